The Morgan fingerprint density at radius 2 is 2.07 bits per heavy atom. The van der Waals surface area contributed by atoms with Gasteiger partial charge in [-0.15, -0.1) is 0 Å². The predicted molar refractivity (Wildman–Crippen MR) is 71.7 cm³/mol. The summed E-state index contributed by atoms with van der Waals surface area (Å²) in [4.78, 5) is 2.64. The quantitative estimate of drug-likeness (QED) is 0.624. The van der Waals surface area contributed by atoms with Gasteiger partial charge in [0.05, 0.1) is 0 Å². The van der Waals surface area contributed by atoms with Crippen LogP contribution in [0.2, 0.25) is 0 Å². The molecule has 0 aromatic rings. The van der Waals surface area contributed by atoms with E-state index < -0.39 is 0 Å². The van der Waals surface area contributed by atoms with E-state index in [4.69, 9.17) is 0 Å². The summed E-state index contributed by atoms with van der Waals surface area (Å²) in [7, 11) is 0. The monoisotopic (exact) mass is 229 g/mol. The van der Waals surface area contributed by atoms with E-state index in [1.807, 2.05) is 0 Å². The summed E-state index contributed by atoms with van der Waals surface area (Å²) >= 11 is 4.46. The molecule has 1 aliphatic rings. The normalized spacial score (nSPS) is 19.2. The molecule has 0 radical (unpaired) electrons. The first-order valence-electron chi connectivity index (χ1n) is 6.63. The molecule has 1 saturated carbocycles. The lowest BCUT2D eigenvalue weighted by Crippen LogP contribution is -2.36. The van der Waals surface area contributed by atoms with Gasteiger partial charge in [-0.1, -0.05) is 26.7 Å². The molecule has 1 aliphatic carbocycles. The van der Waals surface area contributed by atoms with Gasteiger partial charge < -0.3 is 4.90 Å². The molecule has 1 nitrogen and oxygen atoms in total. The third kappa shape index (κ3) is 4.78. The molecule has 0 amide bonds. The summed E-state index contributed by atoms with van der Waals surface area (Å²) in [6.07, 6.45) is 7.04. The molecule has 15 heavy (non-hydrogen) atoms. The highest BCUT2D eigenvalue weighted by Crippen LogP contribution is 2.27. The molecule has 90 valence electrons. The van der Waals surface area contributed by atoms with Crippen LogP contribution in [0, 0.1) is 11.8 Å². The molecule has 1 rings (SSSR count). The topological polar surface area (TPSA) is 3.24 Å². The standard InChI is InChI=1S/C13H27NS/c1-3-6-13(11-15)10-14(4-2)9-12-7-5-8-12/h12-13,15H,3-11H2,1-2H3. The van der Waals surface area contributed by atoms with Gasteiger partial charge >= 0.3 is 0 Å². The molecule has 1 unspecified atom stereocenters. The van der Waals surface area contributed by atoms with E-state index in [-0.39, 0.29) is 0 Å². The van der Waals surface area contributed by atoms with Gasteiger partial charge in [0.1, 0.15) is 0 Å². The summed E-state index contributed by atoms with van der Waals surface area (Å²) in [5, 5.41) is 0. The number of thiol groups is 1. The lowest BCUT2D eigenvalue weighted by molar-refractivity contribution is 0.165. The van der Waals surface area contributed by atoms with Crippen LogP contribution in [0.25, 0.3) is 0 Å². The molecule has 0 spiro atoms. The maximum Gasteiger partial charge on any atom is 0.00175 e. The first-order chi connectivity index (χ1) is 7.30. The van der Waals surface area contributed by atoms with Crippen molar-refractivity contribution in [3.63, 3.8) is 0 Å². The number of hydrogen-bond donors (Lipinski definition) is 1. The van der Waals surface area contributed by atoms with Crippen LogP contribution in [0.1, 0.15) is 46.0 Å². The predicted octanol–water partition coefficient (Wildman–Crippen LogP) is 3.45. The molecule has 1 fully saturated rings. The Morgan fingerprint density at radius 3 is 2.47 bits per heavy atom. The van der Waals surface area contributed by atoms with E-state index in [2.05, 4.69) is 31.4 Å². The minimum Gasteiger partial charge on any atom is -0.303 e. The lowest BCUT2D eigenvalue weighted by Gasteiger charge is -2.33. The Balaban J connectivity index is 2.23. The van der Waals surface area contributed by atoms with Crippen molar-refractivity contribution in [1.29, 1.82) is 0 Å². The molecular weight excluding hydrogens is 202 g/mol. The van der Waals surface area contributed by atoms with Gasteiger partial charge in [0, 0.05) is 13.1 Å². The average molecular weight is 229 g/mol. The molecule has 0 saturated heterocycles. The molecule has 0 bridgehead atoms. The Bertz CT molecular complexity index is 157. The van der Waals surface area contributed by atoms with E-state index in [1.54, 1.807) is 0 Å². The average Bonchev–Trinajstić information content (AvgIpc) is 2.20. The summed E-state index contributed by atoms with van der Waals surface area (Å²) < 4.78 is 0. The molecule has 0 heterocycles. The Morgan fingerprint density at radius 1 is 1.33 bits per heavy atom. The molecule has 0 aliphatic heterocycles. The SMILES string of the molecule is CCCC(CS)CN(CC)CC1CCC1. The van der Waals surface area contributed by atoms with Crippen molar-refractivity contribution < 1.29 is 0 Å². The van der Waals surface area contributed by atoms with Gasteiger partial charge in [0.15, 0.2) is 0 Å². The van der Waals surface area contributed by atoms with E-state index in [0.717, 1.165) is 17.6 Å². The van der Waals surface area contributed by atoms with Crippen LogP contribution >= 0.6 is 12.6 Å². The van der Waals surface area contributed by atoms with Gasteiger partial charge in [0.2, 0.25) is 0 Å². The van der Waals surface area contributed by atoms with Gasteiger partial charge in [-0.2, -0.15) is 12.6 Å². The first kappa shape index (κ1) is 13.4. The molecule has 2 heteroatoms. The molecule has 0 aromatic carbocycles. The summed E-state index contributed by atoms with van der Waals surface area (Å²) in [5.41, 5.74) is 0. The second kappa shape index (κ2) is 7.56. The van der Waals surface area contributed by atoms with Crippen molar-refractivity contribution in [2.75, 3.05) is 25.4 Å². The molecule has 0 N–H and O–H groups in total. The lowest BCUT2D eigenvalue weighted by atomic mass is 9.85. The maximum atomic E-state index is 4.46. The summed E-state index contributed by atoms with van der Waals surface area (Å²) in [5.74, 6) is 2.86. The van der Waals surface area contributed by atoms with Crippen molar-refractivity contribution >= 4 is 12.6 Å². The molecule has 1 atom stereocenters. The van der Waals surface area contributed by atoms with Crippen molar-refractivity contribution in [3.8, 4) is 0 Å². The van der Waals surface area contributed by atoms with Gasteiger partial charge in [-0.3, -0.25) is 0 Å². The Kier molecular flexibility index (Phi) is 6.74. The Hall–Kier alpha value is 0.310. The fourth-order valence-electron chi connectivity index (χ4n) is 2.39. The second-order valence-corrected chi connectivity index (χ2v) is 5.35. The van der Waals surface area contributed by atoms with Crippen LogP contribution in [0.15, 0.2) is 0 Å². The fourth-order valence-corrected chi connectivity index (χ4v) is 2.69. The van der Waals surface area contributed by atoms with Crippen molar-refractivity contribution in [2.24, 2.45) is 11.8 Å². The summed E-state index contributed by atoms with van der Waals surface area (Å²) in [6, 6.07) is 0. The fraction of sp³-hybridized carbons (Fsp3) is 1.00. The van der Waals surface area contributed by atoms with Gasteiger partial charge in [-0.05, 0) is 43.4 Å². The van der Waals surface area contributed by atoms with Gasteiger partial charge in [-0.25, -0.2) is 0 Å². The van der Waals surface area contributed by atoms with Crippen LogP contribution in [-0.2, 0) is 0 Å². The number of nitrogens with zero attached hydrogens (tertiary/aromatic N) is 1. The second-order valence-electron chi connectivity index (χ2n) is 4.99. The van der Waals surface area contributed by atoms with Crippen LogP contribution in [0.3, 0.4) is 0 Å². The molecular formula is C13H27NS. The van der Waals surface area contributed by atoms with E-state index >= 15 is 0 Å². The third-order valence-electron chi connectivity index (χ3n) is 3.66. The first-order valence-corrected chi connectivity index (χ1v) is 7.26. The smallest absolute Gasteiger partial charge is 0.00175 e. The largest absolute Gasteiger partial charge is 0.303 e. The van der Waals surface area contributed by atoms with Crippen molar-refractivity contribution in [1.82, 2.24) is 4.90 Å². The van der Waals surface area contributed by atoms with E-state index in [0.29, 0.717) is 0 Å². The highest BCUT2D eigenvalue weighted by atomic mass is 32.1. The highest BCUT2D eigenvalue weighted by Gasteiger charge is 2.21. The van der Waals surface area contributed by atoms with Crippen LogP contribution < -0.4 is 0 Å². The van der Waals surface area contributed by atoms with Crippen LogP contribution in [-0.4, -0.2) is 30.3 Å². The van der Waals surface area contributed by atoms with Crippen LogP contribution in [0.4, 0.5) is 0 Å². The molecule has 0 aromatic heterocycles. The van der Waals surface area contributed by atoms with Crippen LogP contribution in [0.5, 0.6) is 0 Å². The zero-order valence-corrected chi connectivity index (χ0v) is 11.3. The Labute approximate surface area is 101 Å². The highest BCUT2D eigenvalue weighted by molar-refractivity contribution is 7.80. The minimum absolute atomic E-state index is 0.804. The maximum absolute atomic E-state index is 4.46. The zero-order chi connectivity index (χ0) is 11.1. The zero-order valence-electron chi connectivity index (χ0n) is 10.4. The third-order valence-corrected chi connectivity index (χ3v) is 4.18. The van der Waals surface area contributed by atoms with E-state index in [1.165, 1.54) is 51.7 Å². The minimum atomic E-state index is 0.804. The number of hydrogen-bond acceptors (Lipinski definition) is 2. The number of rotatable bonds is 8. The van der Waals surface area contributed by atoms with Gasteiger partial charge in [0.25, 0.3) is 0 Å². The summed E-state index contributed by atoms with van der Waals surface area (Å²) in [6.45, 7) is 8.39. The van der Waals surface area contributed by atoms with E-state index in [9.17, 15) is 0 Å². The van der Waals surface area contributed by atoms with Crippen molar-refractivity contribution in [2.45, 2.75) is 46.0 Å². The van der Waals surface area contributed by atoms with Crippen molar-refractivity contribution in [3.05, 3.63) is 0 Å².